The maximum absolute atomic E-state index is 13.5. The largest absolute Gasteiger partial charge is 0.493 e. The molecule has 0 aliphatic carbocycles. The number of anilines is 1. The van der Waals surface area contributed by atoms with Crippen LogP contribution in [-0.4, -0.2) is 23.7 Å². The van der Waals surface area contributed by atoms with Gasteiger partial charge in [0.25, 0.3) is 5.91 Å². The summed E-state index contributed by atoms with van der Waals surface area (Å²) in [6.07, 6.45) is 0.659. The van der Waals surface area contributed by atoms with Crippen molar-refractivity contribution in [1.82, 2.24) is 5.01 Å². The number of ether oxygens (including phenoxy) is 2. The van der Waals surface area contributed by atoms with E-state index in [1.807, 2.05) is 71.7 Å². The van der Waals surface area contributed by atoms with Crippen LogP contribution in [0.4, 0.5) is 5.69 Å². The molecule has 3 heterocycles. The molecular formula is C24H18BrN3O3. The van der Waals surface area contributed by atoms with Crippen LogP contribution in [0.25, 0.3) is 0 Å². The van der Waals surface area contributed by atoms with Crippen molar-refractivity contribution in [3.8, 4) is 11.5 Å². The zero-order valence-corrected chi connectivity index (χ0v) is 18.2. The van der Waals surface area contributed by atoms with Gasteiger partial charge in [0.15, 0.2) is 11.5 Å². The van der Waals surface area contributed by atoms with Crippen molar-refractivity contribution in [2.45, 2.75) is 18.2 Å². The van der Waals surface area contributed by atoms with Gasteiger partial charge in [0.05, 0.1) is 30.1 Å². The number of fused-ring (bicyclic) bond motifs is 6. The van der Waals surface area contributed by atoms with E-state index in [2.05, 4.69) is 21.2 Å². The van der Waals surface area contributed by atoms with Crippen LogP contribution >= 0.6 is 15.9 Å². The fraction of sp³-hybridized carbons (Fsp3) is 0.167. The van der Waals surface area contributed by atoms with Crippen molar-refractivity contribution in [2.24, 2.45) is 5.10 Å². The third kappa shape index (κ3) is 2.50. The Hall–Kier alpha value is -3.32. The summed E-state index contributed by atoms with van der Waals surface area (Å²) in [5.41, 5.74) is 2.93. The van der Waals surface area contributed by atoms with Crippen LogP contribution in [0.15, 0.2) is 76.3 Å². The highest BCUT2D eigenvalue weighted by Crippen LogP contribution is 2.56. The predicted molar refractivity (Wildman–Crippen MR) is 120 cm³/mol. The number of methoxy groups -OCH3 is 1. The molecule has 0 unspecified atom stereocenters. The Balaban J connectivity index is 1.61. The number of amides is 1. The van der Waals surface area contributed by atoms with Crippen molar-refractivity contribution in [1.29, 1.82) is 0 Å². The molecule has 0 radical (unpaired) electrons. The van der Waals surface area contributed by atoms with Gasteiger partial charge >= 0.3 is 5.72 Å². The molecule has 154 valence electrons. The molecule has 0 saturated heterocycles. The molecule has 1 amide bonds. The summed E-state index contributed by atoms with van der Waals surface area (Å²) in [7, 11) is 1.61. The van der Waals surface area contributed by atoms with Gasteiger partial charge < -0.3 is 14.8 Å². The maximum atomic E-state index is 13.5. The minimum absolute atomic E-state index is 0.162. The first-order valence-corrected chi connectivity index (χ1v) is 10.8. The molecule has 1 N–H and O–H groups in total. The van der Waals surface area contributed by atoms with Gasteiger partial charge in [-0.2, -0.15) is 5.10 Å². The van der Waals surface area contributed by atoms with Crippen molar-refractivity contribution >= 4 is 33.2 Å². The predicted octanol–water partition coefficient (Wildman–Crippen LogP) is 4.81. The van der Waals surface area contributed by atoms with Gasteiger partial charge in [-0.1, -0.05) is 58.4 Å². The monoisotopic (exact) mass is 475 g/mol. The maximum Gasteiger partial charge on any atom is 0.306 e. The second-order valence-corrected chi connectivity index (χ2v) is 8.66. The number of nitrogens with one attached hydrogen (secondary N) is 1. The van der Waals surface area contributed by atoms with Crippen LogP contribution < -0.4 is 14.8 Å². The molecule has 0 fully saturated rings. The first kappa shape index (κ1) is 18.4. The van der Waals surface area contributed by atoms with Crippen LogP contribution in [0.5, 0.6) is 11.5 Å². The summed E-state index contributed by atoms with van der Waals surface area (Å²) >= 11 is 3.54. The lowest BCUT2D eigenvalue weighted by atomic mass is 9.92. The summed E-state index contributed by atoms with van der Waals surface area (Å²) in [4.78, 5) is 13.5. The van der Waals surface area contributed by atoms with Gasteiger partial charge in [-0.3, -0.25) is 4.79 Å². The summed E-state index contributed by atoms with van der Waals surface area (Å²) in [5.74, 6) is 0.917. The zero-order chi connectivity index (χ0) is 21.2. The fourth-order valence-electron chi connectivity index (χ4n) is 4.67. The van der Waals surface area contributed by atoms with E-state index in [0.717, 1.165) is 26.9 Å². The number of carbonyl (C=O) groups is 1. The quantitative estimate of drug-likeness (QED) is 0.577. The smallest absolute Gasteiger partial charge is 0.306 e. The van der Waals surface area contributed by atoms with Crippen molar-refractivity contribution in [3.05, 3.63) is 87.9 Å². The molecule has 3 aliphatic rings. The number of hydrogen-bond donors (Lipinski definition) is 1. The molecule has 6 nitrogen and oxygen atoms in total. The molecule has 0 bridgehead atoms. The number of hydrogen-bond acceptors (Lipinski definition) is 5. The van der Waals surface area contributed by atoms with E-state index < -0.39 is 5.72 Å². The number of rotatable bonds is 2. The Morgan fingerprint density at radius 1 is 1.16 bits per heavy atom. The molecule has 3 aromatic rings. The lowest BCUT2D eigenvalue weighted by Crippen LogP contribution is -2.55. The standard InChI is InChI=1S/C24H18BrN3O3/c1-30-21-9-5-8-16-20-13-19(14-6-3-2-4-7-14)27-28(20)24(31-22(16)21)17-12-15(25)10-11-18(17)26-23(24)29/h2-12,20H,13H2,1H3,(H,26,29)/t20-,24-/m0/s1. The summed E-state index contributed by atoms with van der Waals surface area (Å²) in [6, 6.07) is 21.4. The second kappa shape index (κ2) is 6.59. The molecule has 3 aromatic carbocycles. The third-order valence-corrected chi connectivity index (χ3v) is 6.57. The topological polar surface area (TPSA) is 63.2 Å². The second-order valence-electron chi connectivity index (χ2n) is 7.75. The van der Waals surface area contributed by atoms with Crippen LogP contribution in [0.1, 0.15) is 29.2 Å². The Labute approximate surface area is 187 Å². The molecule has 31 heavy (non-hydrogen) atoms. The number of hydrazone groups is 1. The Morgan fingerprint density at radius 2 is 2.00 bits per heavy atom. The normalized spacial score (nSPS) is 22.9. The van der Waals surface area contributed by atoms with Crippen LogP contribution in [0.2, 0.25) is 0 Å². The van der Waals surface area contributed by atoms with E-state index in [4.69, 9.17) is 14.6 Å². The van der Waals surface area contributed by atoms with Gasteiger partial charge in [0, 0.05) is 16.5 Å². The summed E-state index contributed by atoms with van der Waals surface area (Å²) < 4.78 is 13.0. The molecule has 2 atom stereocenters. The highest BCUT2D eigenvalue weighted by atomic mass is 79.9. The highest BCUT2D eigenvalue weighted by molar-refractivity contribution is 9.10. The first-order chi connectivity index (χ1) is 15.1. The minimum Gasteiger partial charge on any atom is -0.493 e. The van der Waals surface area contributed by atoms with Gasteiger partial charge in [0.2, 0.25) is 0 Å². The molecule has 7 heteroatoms. The first-order valence-electron chi connectivity index (χ1n) is 10.0. The Bertz CT molecular complexity index is 1260. The number of halogens is 1. The van der Waals surface area contributed by atoms with Crippen molar-refractivity contribution in [3.63, 3.8) is 0 Å². The average Bonchev–Trinajstić information content (AvgIpc) is 3.36. The average molecular weight is 476 g/mol. The molecule has 0 saturated carbocycles. The molecule has 6 rings (SSSR count). The van der Waals surface area contributed by atoms with Gasteiger partial charge in [-0.05, 0) is 29.8 Å². The lowest BCUT2D eigenvalue weighted by Gasteiger charge is -2.44. The van der Waals surface area contributed by atoms with Gasteiger partial charge in [-0.25, -0.2) is 5.01 Å². The van der Waals surface area contributed by atoms with Gasteiger partial charge in [0.1, 0.15) is 0 Å². The SMILES string of the molecule is COc1cccc2c1O[C@@]1(C(=O)Nc3ccc(Br)cc31)N1N=C(c3ccccc3)C[C@@H]21. The zero-order valence-electron chi connectivity index (χ0n) is 16.6. The van der Waals surface area contributed by atoms with E-state index in [0.29, 0.717) is 23.6 Å². The van der Waals surface area contributed by atoms with Crippen molar-refractivity contribution < 1.29 is 14.3 Å². The van der Waals surface area contributed by atoms with E-state index >= 15 is 0 Å². The third-order valence-electron chi connectivity index (χ3n) is 6.08. The minimum atomic E-state index is -1.41. The number of para-hydroxylation sites is 1. The molecule has 3 aliphatic heterocycles. The van der Waals surface area contributed by atoms with E-state index in [9.17, 15) is 4.79 Å². The fourth-order valence-corrected chi connectivity index (χ4v) is 5.03. The Kier molecular flexibility index (Phi) is 3.92. The summed E-state index contributed by atoms with van der Waals surface area (Å²) in [5, 5.41) is 9.77. The lowest BCUT2D eigenvalue weighted by molar-refractivity contribution is -0.161. The van der Waals surface area contributed by atoms with Crippen LogP contribution in [-0.2, 0) is 10.5 Å². The van der Waals surface area contributed by atoms with Gasteiger partial charge in [-0.15, -0.1) is 0 Å². The molecule has 1 spiro atoms. The van der Waals surface area contributed by atoms with Crippen LogP contribution in [0.3, 0.4) is 0 Å². The number of benzene rings is 3. The number of carbonyl (C=O) groups excluding carboxylic acids is 1. The van der Waals surface area contributed by atoms with E-state index in [1.165, 1.54) is 0 Å². The van der Waals surface area contributed by atoms with Crippen molar-refractivity contribution in [2.75, 3.05) is 12.4 Å². The molecular weight excluding hydrogens is 458 g/mol. The van der Waals surface area contributed by atoms with E-state index in [1.54, 1.807) is 7.11 Å². The highest BCUT2D eigenvalue weighted by Gasteiger charge is 2.61. The Morgan fingerprint density at radius 3 is 2.81 bits per heavy atom. The molecule has 0 aromatic heterocycles. The van der Waals surface area contributed by atoms with E-state index in [-0.39, 0.29) is 11.9 Å². The number of nitrogens with zero attached hydrogens (tertiary/aromatic N) is 2. The van der Waals surface area contributed by atoms with Crippen LogP contribution in [0, 0.1) is 0 Å². The summed E-state index contributed by atoms with van der Waals surface area (Å²) in [6.45, 7) is 0.